The summed E-state index contributed by atoms with van der Waals surface area (Å²) in [5.74, 6) is 0.279. The molecule has 1 radical (unpaired) electrons. The van der Waals surface area contributed by atoms with Gasteiger partial charge in [-0.1, -0.05) is 0 Å². The lowest BCUT2D eigenvalue weighted by Crippen LogP contribution is -1.67. The molecule has 1 aromatic rings. The summed E-state index contributed by atoms with van der Waals surface area (Å²) < 4.78 is 0. The van der Waals surface area contributed by atoms with Gasteiger partial charge in [0.25, 0.3) is 0 Å². The first-order chi connectivity index (χ1) is 4.33. The minimum absolute atomic E-state index is 0.279. The fourth-order valence-corrected chi connectivity index (χ4v) is 0.981. The van der Waals surface area contributed by atoms with Crippen LogP contribution in [0, 0.1) is 6.07 Å². The number of phenols is 1. The van der Waals surface area contributed by atoms with Crippen molar-refractivity contribution < 1.29 is 5.11 Å². The molecule has 2 heteroatoms. The van der Waals surface area contributed by atoms with Gasteiger partial charge in [-0.3, -0.25) is 0 Å². The van der Waals surface area contributed by atoms with Gasteiger partial charge in [0.05, 0.1) is 0 Å². The number of aromatic hydroxyl groups is 1. The Morgan fingerprint density at radius 1 is 1.56 bits per heavy atom. The number of hydrogen-bond acceptors (Lipinski definition) is 2. The Morgan fingerprint density at radius 3 is 2.78 bits per heavy atom. The van der Waals surface area contributed by atoms with Crippen LogP contribution in [0.3, 0.4) is 0 Å². The van der Waals surface area contributed by atoms with Crippen molar-refractivity contribution in [1.29, 1.82) is 0 Å². The van der Waals surface area contributed by atoms with E-state index in [1.807, 2.05) is 12.3 Å². The van der Waals surface area contributed by atoms with Crippen molar-refractivity contribution in [3.8, 4) is 5.75 Å². The van der Waals surface area contributed by atoms with E-state index in [0.29, 0.717) is 0 Å². The molecule has 0 aliphatic heterocycles. The normalized spacial score (nSPS) is 9.44. The van der Waals surface area contributed by atoms with E-state index in [-0.39, 0.29) is 5.75 Å². The van der Waals surface area contributed by atoms with E-state index in [4.69, 9.17) is 5.11 Å². The molecule has 9 heavy (non-hydrogen) atoms. The Morgan fingerprint density at radius 2 is 2.33 bits per heavy atom. The lowest BCUT2D eigenvalue weighted by Gasteiger charge is -1.93. The number of phenolic OH excluding ortho intramolecular Hbond substituents is 1. The lowest BCUT2D eigenvalue weighted by molar-refractivity contribution is 0.473. The molecular formula is C7H7OS. The summed E-state index contributed by atoms with van der Waals surface area (Å²) in [5.41, 5.74) is 0. The highest BCUT2D eigenvalue weighted by molar-refractivity contribution is 7.98. The highest BCUT2D eigenvalue weighted by atomic mass is 32.2. The first kappa shape index (κ1) is 6.49. The van der Waals surface area contributed by atoms with Crippen LogP contribution in [-0.2, 0) is 0 Å². The zero-order chi connectivity index (χ0) is 6.69. The Balaban J connectivity index is 2.94. The summed E-state index contributed by atoms with van der Waals surface area (Å²) >= 11 is 1.59. The average molecular weight is 139 g/mol. The van der Waals surface area contributed by atoms with Gasteiger partial charge in [-0.15, -0.1) is 11.8 Å². The molecule has 1 rings (SSSR count). The lowest BCUT2D eigenvalue weighted by atomic mass is 10.3. The number of benzene rings is 1. The molecule has 1 N–H and O–H groups in total. The maximum atomic E-state index is 8.90. The molecule has 47 valence electrons. The van der Waals surface area contributed by atoms with Crippen molar-refractivity contribution >= 4 is 11.8 Å². The average Bonchev–Trinajstić information content (AvgIpc) is 1.88. The van der Waals surface area contributed by atoms with Crippen molar-refractivity contribution in [3.05, 3.63) is 24.3 Å². The monoisotopic (exact) mass is 139 g/mol. The van der Waals surface area contributed by atoms with Gasteiger partial charge in [0.1, 0.15) is 5.75 Å². The Bertz CT molecular complexity index is 198. The first-order valence-electron chi connectivity index (χ1n) is 2.57. The number of thioether (sulfide) groups is 1. The van der Waals surface area contributed by atoms with Gasteiger partial charge in [-0.25, -0.2) is 0 Å². The van der Waals surface area contributed by atoms with Gasteiger partial charge in [0.2, 0.25) is 0 Å². The van der Waals surface area contributed by atoms with E-state index in [2.05, 4.69) is 6.07 Å². The van der Waals surface area contributed by atoms with Crippen molar-refractivity contribution in [3.63, 3.8) is 0 Å². The maximum absolute atomic E-state index is 8.90. The topological polar surface area (TPSA) is 20.2 Å². The van der Waals surface area contributed by atoms with Crippen molar-refractivity contribution in [2.75, 3.05) is 6.26 Å². The molecule has 0 aliphatic rings. The molecule has 0 aliphatic carbocycles. The predicted octanol–water partition coefficient (Wildman–Crippen LogP) is 1.91. The summed E-state index contributed by atoms with van der Waals surface area (Å²) in [6.45, 7) is 0. The molecule has 0 saturated heterocycles. The maximum Gasteiger partial charge on any atom is 0.117 e. The van der Waals surface area contributed by atoms with E-state index < -0.39 is 0 Å². The van der Waals surface area contributed by atoms with E-state index in [1.54, 1.807) is 23.9 Å². The molecule has 0 unspecified atom stereocenters. The fourth-order valence-electron chi connectivity index (χ4n) is 0.556. The molecule has 0 aromatic heterocycles. The zero-order valence-electron chi connectivity index (χ0n) is 5.09. The van der Waals surface area contributed by atoms with Crippen LogP contribution in [0.1, 0.15) is 0 Å². The zero-order valence-corrected chi connectivity index (χ0v) is 5.90. The second-order valence-electron chi connectivity index (χ2n) is 1.63. The van der Waals surface area contributed by atoms with Crippen LogP contribution >= 0.6 is 11.8 Å². The summed E-state index contributed by atoms with van der Waals surface area (Å²) in [4.78, 5) is 1.04. The van der Waals surface area contributed by atoms with E-state index in [9.17, 15) is 0 Å². The van der Waals surface area contributed by atoms with Gasteiger partial charge < -0.3 is 5.11 Å². The molecule has 0 fully saturated rings. The summed E-state index contributed by atoms with van der Waals surface area (Å²) in [6, 6.07) is 7.90. The van der Waals surface area contributed by atoms with Crippen LogP contribution in [-0.4, -0.2) is 11.4 Å². The van der Waals surface area contributed by atoms with Gasteiger partial charge in [-0.2, -0.15) is 0 Å². The highest BCUT2D eigenvalue weighted by Gasteiger charge is 1.88. The molecule has 0 atom stereocenters. The second kappa shape index (κ2) is 2.78. The van der Waals surface area contributed by atoms with E-state index >= 15 is 0 Å². The van der Waals surface area contributed by atoms with Crippen LogP contribution in [0.4, 0.5) is 0 Å². The number of hydrogen-bond donors (Lipinski definition) is 1. The van der Waals surface area contributed by atoms with Gasteiger partial charge in [0.15, 0.2) is 0 Å². The van der Waals surface area contributed by atoms with Crippen LogP contribution in [0.2, 0.25) is 0 Å². The highest BCUT2D eigenvalue weighted by Crippen LogP contribution is 2.18. The SMILES string of the molecule is CSc1c[c]cc(O)c1. The van der Waals surface area contributed by atoms with Crippen LogP contribution in [0.5, 0.6) is 5.75 Å². The minimum Gasteiger partial charge on any atom is -0.508 e. The molecule has 0 saturated carbocycles. The fraction of sp³-hybridized carbons (Fsp3) is 0.143. The van der Waals surface area contributed by atoms with Gasteiger partial charge in [-0.05, 0) is 30.5 Å². The molecule has 1 aromatic carbocycles. The molecule has 1 nitrogen and oxygen atoms in total. The summed E-state index contributed by atoms with van der Waals surface area (Å²) in [6.07, 6.45) is 1.96. The standard InChI is InChI=1S/C7H7OS/c1-9-7-4-2-3-6(8)5-7/h3-5,8H,1H3. The molecule has 0 spiro atoms. The Hall–Kier alpha value is -0.630. The molecular weight excluding hydrogens is 132 g/mol. The quantitative estimate of drug-likeness (QED) is 0.600. The minimum atomic E-state index is 0.279. The van der Waals surface area contributed by atoms with Gasteiger partial charge in [0, 0.05) is 4.90 Å². The molecule has 0 amide bonds. The first-order valence-corrected chi connectivity index (χ1v) is 3.79. The molecule has 0 bridgehead atoms. The van der Waals surface area contributed by atoms with Crippen molar-refractivity contribution in [2.24, 2.45) is 0 Å². The predicted molar refractivity (Wildman–Crippen MR) is 38.7 cm³/mol. The Labute approximate surface area is 58.7 Å². The third-order valence-electron chi connectivity index (χ3n) is 0.983. The largest absolute Gasteiger partial charge is 0.508 e. The smallest absolute Gasteiger partial charge is 0.117 e. The van der Waals surface area contributed by atoms with Gasteiger partial charge >= 0.3 is 0 Å². The van der Waals surface area contributed by atoms with E-state index in [0.717, 1.165) is 4.90 Å². The van der Waals surface area contributed by atoms with Crippen LogP contribution in [0.15, 0.2) is 23.1 Å². The van der Waals surface area contributed by atoms with Crippen LogP contribution < -0.4 is 0 Å². The van der Waals surface area contributed by atoms with Crippen LogP contribution in [0.25, 0.3) is 0 Å². The summed E-state index contributed by atoms with van der Waals surface area (Å²) in [5, 5.41) is 8.90. The van der Waals surface area contributed by atoms with Crippen molar-refractivity contribution in [1.82, 2.24) is 0 Å². The molecule has 0 heterocycles. The van der Waals surface area contributed by atoms with Crippen molar-refractivity contribution in [2.45, 2.75) is 4.90 Å². The summed E-state index contributed by atoms with van der Waals surface area (Å²) in [7, 11) is 0. The Kier molecular flexibility index (Phi) is 2.01. The number of rotatable bonds is 1. The van der Waals surface area contributed by atoms with E-state index in [1.165, 1.54) is 0 Å². The second-order valence-corrected chi connectivity index (χ2v) is 2.51. The third-order valence-corrected chi connectivity index (χ3v) is 1.69. The third kappa shape index (κ3) is 1.64.